The van der Waals surface area contributed by atoms with Crippen molar-refractivity contribution in [3.63, 3.8) is 0 Å². The standard InChI is InChI=1S/C30H44N8O6/c1-17(2)23(35-29(41)43-5)27(39)37-13-7-9-21(37)25-31-15-19(33-25)11-12-20-16-32-26(34-20)22-10-8-14-38(22)28(40)24(18(3)4)36-30(42)44-6/h11-12,15-18,21-24H,7-10,13-14H2,1-6H3,(H,31,33)(H,32,34)(H,35,41)(H,36,42)/b12-11+/t21-,22-,23+,24+/m1/s1. The average molecular weight is 613 g/mol. The molecular weight excluding hydrogens is 568 g/mol. The van der Waals surface area contributed by atoms with E-state index in [1.165, 1.54) is 14.2 Å². The quantitative estimate of drug-likeness (QED) is 0.316. The molecule has 2 aromatic heterocycles. The molecule has 2 aliphatic heterocycles. The third kappa shape index (κ3) is 7.40. The molecule has 14 nitrogen and oxygen atoms in total. The van der Waals surface area contributed by atoms with Crippen LogP contribution in [0, 0.1) is 11.8 Å². The van der Waals surface area contributed by atoms with E-state index < -0.39 is 24.3 Å². The number of alkyl carbamates (subject to hydrolysis) is 2. The monoisotopic (exact) mass is 612 g/mol. The average Bonchev–Trinajstić information content (AvgIpc) is 3.82. The Bertz CT molecular complexity index is 1250. The number of carbonyl (C=O) groups excluding carboxylic acids is 4. The largest absolute Gasteiger partial charge is 0.453 e. The maximum atomic E-state index is 13.4. The Balaban J connectivity index is 1.42. The van der Waals surface area contributed by atoms with E-state index in [0.29, 0.717) is 24.7 Å². The molecule has 0 aliphatic carbocycles. The molecule has 2 fully saturated rings. The molecule has 4 amide bonds. The van der Waals surface area contributed by atoms with Crippen molar-refractivity contribution >= 4 is 36.2 Å². The van der Waals surface area contributed by atoms with E-state index in [4.69, 9.17) is 9.47 Å². The van der Waals surface area contributed by atoms with Crippen LogP contribution in [0.4, 0.5) is 9.59 Å². The van der Waals surface area contributed by atoms with Crippen molar-refractivity contribution in [1.82, 2.24) is 40.4 Å². The Morgan fingerprint density at radius 1 is 0.773 bits per heavy atom. The van der Waals surface area contributed by atoms with E-state index in [0.717, 1.165) is 37.1 Å². The van der Waals surface area contributed by atoms with Gasteiger partial charge in [-0.15, -0.1) is 0 Å². The van der Waals surface area contributed by atoms with Crippen molar-refractivity contribution in [2.45, 2.75) is 77.5 Å². The smallest absolute Gasteiger partial charge is 0.407 e. The number of imidazole rings is 2. The number of nitrogens with one attached hydrogen (secondary N) is 4. The van der Waals surface area contributed by atoms with Crippen molar-refractivity contribution in [2.24, 2.45) is 11.8 Å². The number of aromatic amines is 2. The SMILES string of the molecule is COC(=O)N[C@H](C(=O)N1CCC[C@@H]1c1ncc(/C=C/c2cnc([C@H]3CCCN3C(=O)[C@@H](NC(=O)OC)C(C)C)[nH]2)[nH]1)C(C)C. The zero-order chi connectivity index (χ0) is 32.0. The summed E-state index contributed by atoms with van der Waals surface area (Å²) in [5.41, 5.74) is 1.52. The number of rotatable bonds is 10. The minimum absolute atomic E-state index is 0.111. The topological polar surface area (TPSA) is 175 Å². The first-order valence-corrected chi connectivity index (χ1v) is 15.1. The van der Waals surface area contributed by atoms with Crippen LogP contribution in [0.1, 0.15) is 88.5 Å². The number of hydrogen-bond donors (Lipinski definition) is 4. The molecule has 4 N–H and O–H groups in total. The number of aromatic nitrogens is 4. The van der Waals surface area contributed by atoms with Crippen molar-refractivity contribution < 1.29 is 28.7 Å². The molecule has 0 bridgehead atoms. The fourth-order valence-electron chi connectivity index (χ4n) is 5.78. The summed E-state index contributed by atoms with van der Waals surface area (Å²) >= 11 is 0. The Kier molecular flexibility index (Phi) is 10.7. The summed E-state index contributed by atoms with van der Waals surface area (Å²) < 4.78 is 9.43. The van der Waals surface area contributed by atoms with Gasteiger partial charge in [-0.25, -0.2) is 19.6 Å². The molecule has 4 heterocycles. The fraction of sp³-hybridized carbons (Fsp3) is 0.600. The Labute approximate surface area is 257 Å². The summed E-state index contributed by atoms with van der Waals surface area (Å²) in [6.45, 7) is 8.69. The predicted octanol–water partition coefficient (Wildman–Crippen LogP) is 3.39. The molecular formula is C30H44N8O6. The first-order chi connectivity index (χ1) is 21.0. The molecule has 2 aliphatic rings. The second kappa shape index (κ2) is 14.4. The third-order valence-corrected chi connectivity index (χ3v) is 8.16. The van der Waals surface area contributed by atoms with E-state index in [9.17, 15) is 19.2 Å². The van der Waals surface area contributed by atoms with Crippen LogP contribution in [0.15, 0.2) is 12.4 Å². The maximum Gasteiger partial charge on any atom is 0.407 e. The van der Waals surface area contributed by atoms with E-state index in [2.05, 4.69) is 30.6 Å². The van der Waals surface area contributed by atoms with Crippen LogP contribution in [-0.2, 0) is 19.1 Å². The predicted molar refractivity (Wildman–Crippen MR) is 162 cm³/mol. The molecule has 14 heteroatoms. The molecule has 2 saturated heterocycles. The van der Waals surface area contributed by atoms with E-state index >= 15 is 0 Å². The first kappa shape index (κ1) is 32.6. The number of hydrogen-bond acceptors (Lipinski definition) is 8. The molecule has 0 radical (unpaired) electrons. The van der Waals surface area contributed by atoms with Gasteiger partial charge in [0.25, 0.3) is 0 Å². The molecule has 44 heavy (non-hydrogen) atoms. The molecule has 0 unspecified atom stereocenters. The molecule has 0 spiro atoms. The lowest BCUT2D eigenvalue weighted by molar-refractivity contribution is -0.136. The summed E-state index contributed by atoms with van der Waals surface area (Å²) in [5, 5.41) is 5.33. The molecule has 0 saturated carbocycles. The van der Waals surface area contributed by atoms with Gasteiger partial charge in [0.15, 0.2) is 0 Å². The van der Waals surface area contributed by atoms with Gasteiger partial charge >= 0.3 is 12.2 Å². The van der Waals surface area contributed by atoms with Gasteiger partial charge in [-0.3, -0.25) is 9.59 Å². The number of amides is 4. The third-order valence-electron chi connectivity index (χ3n) is 8.16. The lowest BCUT2D eigenvalue weighted by atomic mass is 10.0. The number of likely N-dealkylation sites (tertiary alicyclic amines) is 2. The van der Waals surface area contributed by atoms with Crippen LogP contribution in [-0.4, -0.2) is 93.1 Å². The van der Waals surface area contributed by atoms with Gasteiger partial charge in [0.2, 0.25) is 11.8 Å². The van der Waals surface area contributed by atoms with Crippen molar-refractivity contribution in [2.75, 3.05) is 27.3 Å². The van der Waals surface area contributed by atoms with Crippen LogP contribution < -0.4 is 10.6 Å². The highest BCUT2D eigenvalue weighted by atomic mass is 16.5. The van der Waals surface area contributed by atoms with Crippen LogP contribution in [0.3, 0.4) is 0 Å². The van der Waals surface area contributed by atoms with E-state index in [1.54, 1.807) is 22.2 Å². The highest BCUT2D eigenvalue weighted by Crippen LogP contribution is 2.33. The number of H-pyrrole nitrogens is 2. The lowest BCUT2D eigenvalue weighted by Gasteiger charge is -2.30. The minimum atomic E-state index is -0.696. The van der Waals surface area contributed by atoms with Gasteiger partial charge in [-0.05, 0) is 49.7 Å². The second-order valence-electron chi connectivity index (χ2n) is 11.9. The molecule has 4 rings (SSSR count). The Morgan fingerprint density at radius 2 is 1.16 bits per heavy atom. The van der Waals surface area contributed by atoms with Crippen LogP contribution in [0.25, 0.3) is 12.2 Å². The first-order valence-electron chi connectivity index (χ1n) is 15.1. The van der Waals surface area contributed by atoms with Gasteiger partial charge in [0, 0.05) is 13.1 Å². The zero-order valence-corrected chi connectivity index (χ0v) is 26.3. The normalized spacial score (nSPS) is 19.9. The highest BCUT2D eigenvalue weighted by Gasteiger charge is 2.38. The van der Waals surface area contributed by atoms with E-state index in [-0.39, 0.29) is 35.7 Å². The summed E-state index contributed by atoms with van der Waals surface area (Å²) in [4.78, 5) is 69.7. The van der Waals surface area contributed by atoms with Gasteiger partial charge in [-0.1, -0.05) is 27.7 Å². The summed E-state index contributed by atoms with van der Waals surface area (Å²) in [6, 6.07) is -1.84. The number of carbonyl (C=O) groups is 4. The maximum absolute atomic E-state index is 13.4. The van der Waals surface area contributed by atoms with Crippen molar-refractivity contribution in [3.8, 4) is 0 Å². The fourth-order valence-corrected chi connectivity index (χ4v) is 5.78. The minimum Gasteiger partial charge on any atom is -0.453 e. The summed E-state index contributed by atoms with van der Waals surface area (Å²) in [5.74, 6) is 0.821. The van der Waals surface area contributed by atoms with Gasteiger partial charge < -0.3 is 39.9 Å². The molecule has 2 aromatic rings. The van der Waals surface area contributed by atoms with Crippen LogP contribution in [0.5, 0.6) is 0 Å². The van der Waals surface area contributed by atoms with Crippen LogP contribution in [0.2, 0.25) is 0 Å². The Hall–Kier alpha value is -4.36. The molecule has 4 atom stereocenters. The second-order valence-corrected chi connectivity index (χ2v) is 11.9. The lowest BCUT2D eigenvalue weighted by Crippen LogP contribution is -2.51. The Morgan fingerprint density at radius 3 is 1.50 bits per heavy atom. The van der Waals surface area contributed by atoms with Crippen LogP contribution >= 0.6 is 0 Å². The molecule has 0 aromatic carbocycles. The van der Waals surface area contributed by atoms with E-state index in [1.807, 2.05) is 39.8 Å². The van der Waals surface area contributed by atoms with Gasteiger partial charge in [0.1, 0.15) is 23.7 Å². The number of methoxy groups -OCH3 is 2. The van der Waals surface area contributed by atoms with Crippen molar-refractivity contribution in [1.29, 1.82) is 0 Å². The van der Waals surface area contributed by atoms with Crippen molar-refractivity contribution in [3.05, 3.63) is 35.4 Å². The summed E-state index contributed by atoms with van der Waals surface area (Å²) in [7, 11) is 2.55. The number of nitrogens with zero attached hydrogens (tertiary/aromatic N) is 4. The molecule has 240 valence electrons. The van der Waals surface area contributed by atoms with Gasteiger partial charge in [-0.2, -0.15) is 0 Å². The van der Waals surface area contributed by atoms with Gasteiger partial charge in [0.05, 0.1) is 50.1 Å². The zero-order valence-electron chi connectivity index (χ0n) is 26.3. The number of ether oxygens (including phenoxy) is 2. The summed E-state index contributed by atoms with van der Waals surface area (Å²) in [6.07, 6.45) is 9.10. The highest BCUT2D eigenvalue weighted by molar-refractivity contribution is 5.87.